The molecule has 0 bridgehead atoms. The van der Waals surface area contributed by atoms with Gasteiger partial charge in [0.2, 0.25) is 0 Å². The summed E-state index contributed by atoms with van der Waals surface area (Å²) >= 11 is 0. The Hall–Kier alpha value is -2.77. The molecule has 0 aliphatic heterocycles. The number of rotatable bonds is 6. The summed E-state index contributed by atoms with van der Waals surface area (Å²) in [6.45, 7) is 2.62. The normalized spacial score (nSPS) is 12.5. The van der Waals surface area contributed by atoms with Gasteiger partial charge in [-0.15, -0.1) is 0 Å². The Morgan fingerprint density at radius 3 is 2.88 bits per heavy atom. The number of ketones is 1. The van der Waals surface area contributed by atoms with E-state index < -0.39 is 0 Å². The molecular formula is C18H20N6O. The molecule has 128 valence electrons. The van der Waals surface area contributed by atoms with Gasteiger partial charge in [0.25, 0.3) is 0 Å². The average Bonchev–Trinajstić information content (AvgIpc) is 3.00. The van der Waals surface area contributed by atoms with E-state index in [1.54, 1.807) is 12.3 Å². The van der Waals surface area contributed by atoms with Crippen molar-refractivity contribution in [2.24, 2.45) is 5.73 Å². The van der Waals surface area contributed by atoms with Crippen LogP contribution in [0.4, 0.5) is 5.69 Å². The van der Waals surface area contributed by atoms with Crippen molar-refractivity contribution < 1.29 is 4.79 Å². The molecule has 3 aromatic rings. The van der Waals surface area contributed by atoms with Crippen LogP contribution < -0.4 is 16.4 Å². The van der Waals surface area contributed by atoms with Crippen LogP contribution in [0.3, 0.4) is 0 Å². The zero-order valence-electron chi connectivity index (χ0n) is 14.0. The van der Waals surface area contributed by atoms with Crippen molar-refractivity contribution in [3.8, 4) is 11.4 Å². The molecule has 1 aromatic carbocycles. The molecule has 1 aliphatic rings. The minimum Gasteiger partial charge on any atom is -0.383 e. The summed E-state index contributed by atoms with van der Waals surface area (Å²) in [5, 5.41) is 12.0. The van der Waals surface area contributed by atoms with Gasteiger partial charge in [-0.2, -0.15) is 5.10 Å². The number of pyridine rings is 1. The number of fused-ring (bicyclic) bond motifs is 2. The van der Waals surface area contributed by atoms with E-state index in [-0.39, 0.29) is 5.78 Å². The first kappa shape index (κ1) is 15.7. The van der Waals surface area contributed by atoms with Gasteiger partial charge in [0.15, 0.2) is 5.78 Å². The molecule has 0 spiro atoms. The van der Waals surface area contributed by atoms with E-state index >= 15 is 0 Å². The van der Waals surface area contributed by atoms with Crippen molar-refractivity contribution >= 4 is 22.4 Å². The number of aromatic nitrogens is 3. The van der Waals surface area contributed by atoms with Crippen LogP contribution >= 0.6 is 0 Å². The maximum atomic E-state index is 13.2. The lowest BCUT2D eigenvalue weighted by Gasteiger charge is -2.18. The number of hydrogen-bond donors (Lipinski definition) is 3. The number of nitrogens with zero attached hydrogens (tertiary/aromatic N) is 3. The third kappa shape index (κ3) is 2.40. The smallest absolute Gasteiger partial charge is 0.198 e. The molecule has 2 aromatic heterocycles. The molecule has 4 N–H and O–H groups in total. The molecule has 0 unspecified atom stereocenters. The summed E-state index contributed by atoms with van der Waals surface area (Å²) in [7, 11) is 1.90. The van der Waals surface area contributed by atoms with Crippen molar-refractivity contribution in [2.45, 2.75) is 6.54 Å². The number of nitrogens with one attached hydrogen (secondary N) is 2. The Morgan fingerprint density at radius 2 is 2.08 bits per heavy atom. The second-order valence-electron chi connectivity index (χ2n) is 6.00. The molecule has 4 rings (SSSR count). The van der Waals surface area contributed by atoms with Gasteiger partial charge in [-0.3, -0.25) is 14.5 Å². The highest BCUT2D eigenvalue weighted by Gasteiger charge is 2.31. The van der Waals surface area contributed by atoms with Crippen molar-refractivity contribution in [3.05, 3.63) is 41.6 Å². The zero-order valence-corrected chi connectivity index (χ0v) is 14.0. The molecule has 2 heterocycles. The fraction of sp³-hybridized carbons (Fsp3) is 0.278. The Morgan fingerprint density at radius 1 is 1.20 bits per heavy atom. The second kappa shape index (κ2) is 6.27. The van der Waals surface area contributed by atoms with Gasteiger partial charge in [0.1, 0.15) is 11.4 Å². The molecule has 7 heteroatoms. The Bertz CT molecular complexity index is 962. The van der Waals surface area contributed by atoms with Gasteiger partial charge in [-0.05, 0) is 31.3 Å². The number of carbonyl (C=O) groups is 1. The first-order chi connectivity index (χ1) is 12.3. The maximum absolute atomic E-state index is 13.2. The van der Waals surface area contributed by atoms with E-state index in [9.17, 15) is 4.79 Å². The summed E-state index contributed by atoms with van der Waals surface area (Å²) in [5.74, 6) is -0.0135. The van der Waals surface area contributed by atoms with Crippen LogP contribution in [0.5, 0.6) is 0 Å². The highest BCUT2D eigenvalue weighted by atomic mass is 16.1. The number of hydrogen-bond acceptors (Lipinski definition) is 6. The first-order valence-electron chi connectivity index (χ1n) is 8.38. The Balaban J connectivity index is 1.97. The molecule has 1 aliphatic carbocycles. The lowest BCUT2D eigenvalue weighted by atomic mass is 9.89. The molecule has 0 fully saturated rings. The fourth-order valence-electron chi connectivity index (χ4n) is 3.35. The van der Waals surface area contributed by atoms with Gasteiger partial charge < -0.3 is 16.4 Å². The van der Waals surface area contributed by atoms with Crippen molar-refractivity contribution in [1.82, 2.24) is 20.1 Å². The van der Waals surface area contributed by atoms with Crippen LogP contribution in [0.1, 0.15) is 15.9 Å². The lowest BCUT2D eigenvalue weighted by Crippen LogP contribution is -2.20. The summed E-state index contributed by atoms with van der Waals surface area (Å²) in [6.07, 6.45) is 1.69. The van der Waals surface area contributed by atoms with E-state index in [0.717, 1.165) is 35.4 Å². The number of likely N-dealkylation sites (N-methyl/N-ethyl adjacent to an activating group) is 1. The highest BCUT2D eigenvalue weighted by molar-refractivity contribution is 6.27. The third-order valence-corrected chi connectivity index (χ3v) is 4.45. The monoisotopic (exact) mass is 336 g/mol. The predicted molar refractivity (Wildman–Crippen MR) is 97.9 cm³/mol. The standard InChI is InChI=1S/C18H20N6O/c1-20-8-9-21-12-4-5-13-15-14(12)18(25)11-3-2-7-22-16(11)17(15)23-24(13)10-6-19/h2-5,7,20-21H,6,8-10,19H2,1H3. The van der Waals surface area contributed by atoms with Crippen LogP contribution in [0.15, 0.2) is 30.5 Å². The molecular weight excluding hydrogens is 316 g/mol. The quantitative estimate of drug-likeness (QED) is 0.458. The van der Waals surface area contributed by atoms with E-state index in [1.807, 2.05) is 29.9 Å². The minimum atomic E-state index is -0.0135. The SMILES string of the molecule is CNCCNc1ccc2c3c(nn2CCN)-c2ncccc2C(=O)c13. The maximum Gasteiger partial charge on any atom is 0.198 e. The summed E-state index contributed by atoms with van der Waals surface area (Å²) < 4.78 is 1.86. The molecule has 7 nitrogen and oxygen atoms in total. The molecule has 0 atom stereocenters. The highest BCUT2D eigenvalue weighted by Crippen LogP contribution is 2.40. The number of benzene rings is 1. The first-order valence-corrected chi connectivity index (χ1v) is 8.38. The fourth-order valence-corrected chi connectivity index (χ4v) is 3.35. The predicted octanol–water partition coefficient (Wildman–Crippen LogP) is 1.23. The van der Waals surface area contributed by atoms with Gasteiger partial charge >= 0.3 is 0 Å². The zero-order chi connectivity index (χ0) is 17.4. The molecule has 25 heavy (non-hydrogen) atoms. The topological polar surface area (TPSA) is 97.9 Å². The van der Waals surface area contributed by atoms with Crippen LogP contribution in [-0.4, -0.2) is 47.2 Å². The Kier molecular flexibility index (Phi) is 3.95. The molecule has 0 saturated carbocycles. The third-order valence-electron chi connectivity index (χ3n) is 4.45. The van der Waals surface area contributed by atoms with Crippen LogP contribution in [-0.2, 0) is 6.54 Å². The van der Waals surface area contributed by atoms with Crippen molar-refractivity contribution in [3.63, 3.8) is 0 Å². The summed E-state index contributed by atoms with van der Waals surface area (Å²) in [6, 6.07) is 7.54. The Labute approximate surface area is 145 Å². The van der Waals surface area contributed by atoms with E-state index in [2.05, 4.69) is 15.6 Å². The summed E-state index contributed by atoms with van der Waals surface area (Å²) in [4.78, 5) is 17.6. The van der Waals surface area contributed by atoms with Gasteiger partial charge in [0.05, 0.1) is 23.2 Å². The lowest BCUT2D eigenvalue weighted by molar-refractivity contribution is 0.104. The van der Waals surface area contributed by atoms with Gasteiger partial charge in [-0.1, -0.05) is 0 Å². The second-order valence-corrected chi connectivity index (χ2v) is 6.00. The van der Waals surface area contributed by atoms with E-state index in [4.69, 9.17) is 10.8 Å². The number of nitrogens with two attached hydrogens (primary N) is 1. The van der Waals surface area contributed by atoms with E-state index in [0.29, 0.717) is 29.9 Å². The van der Waals surface area contributed by atoms with Crippen LogP contribution in [0.2, 0.25) is 0 Å². The van der Waals surface area contributed by atoms with Gasteiger partial charge in [0, 0.05) is 36.9 Å². The van der Waals surface area contributed by atoms with Crippen molar-refractivity contribution in [2.75, 3.05) is 32.0 Å². The van der Waals surface area contributed by atoms with Gasteiger partial charge in [-0.25, -0.2) is 0 Å². The summed E-state index contributed by atoms with van der Waals surface area (Å²) in [5.41, 5.74) is 10.1. The molecule has 0 saturated heterocycles. The largest absolute Gasteiger partial charge is 0.383 e. The number of anilines is 1. The van der Waals surface area contributed by atoms with E-state index in [1.165, 1.54) is 0 Å². The average molecular weight is 336 g/mol. The number of carbonyl (C=O) groups excluding carboxylic acids is 1. The molecule has 0 amide bonds. The van der Waals surface area contributed by atoms with Crippen molar-refractivity contribution in [1.29, 1.82) is 0 Å². The van der Waals surface area contributed by atoms with Crippen LogP contribution in [0, 0.1) is 0 Å². The molecule has 0 radical (unpaired) electrons. The van der Waals surface area contributed by atoms with Crippen LogP contribution in [0.25, 0.3) is 22.3 Å². The minimum absolute atomic E-state index is 0.0135.